The van der Waals surface area contributed by atoms with E-state index in [2.05, 4.69) is 10.3 Å². The molecule has 0 aromatic carbocycles. The van der Waals surface area contributed by atoms with Crippen LogP contribution in [0, 0.1) is 17.8 Å². The second-order valence-electron chi connectivity index (χ2n) is 5.61. The Hall–Kier alpha value is -2.17. The molecule has 0 bridgehead atoms. The summed E-state index contributed by atoms with van der Waals surface area (Å²) in [5, 5.41) is 14.1. The summed E-state index contributed by atoms with van der Waals surface area (Å²) in [5.41, 5.74) is 1.92. The van der Waals surface area contributed by atoms with Gasteiger partial charge in [0.1, 0.15) is 0 Å². The molecular formula is C16H19N2O3-. The lowest BCUT2D eigenvalue weighted by Crippen LogP contribution is -2.47. The van der Waals surface area contributed by atoms with Crippen molar-refractivity contribution in [2.75, 3.05) is 0 Å². The first-order valence-corrected chi connectivity index (χ1v) is 7.04. The van der Waals surface area contributed by atoms with Gasteiger partial charge >= 0.3 is 0 Å². The fourth-order valence-corrected chi connectivity index (χ4v) is 2.92. The van der Waals surface area contributed by atoms with E-state index >= 15 is 0 Å². The molecule has 1 aliphatic rings. The number of carboxylic acids is 1. The number of rotatable bonds is 4. The van der Waals surface area contributed by atoms with Crippen molar-refractivity contribution < 1.29 is 14.7 Å². The number of nitrogens with one attached hydrogen (secondary N) is 1. The fourth-order valence-electron chi connectivity index (χ4n) is 2.92. The molecule has 2 rings (SSSR count). The van der Waals surface area contributed by atoms with Gasteiger partial charge in [0.2, 0.25) is 5.91 Å². The summed E-state index contributed by atoms with van der Waals surface area (Å²) in [6, 6.07) is 3.65. The molecule has 0 spiro atoms. The number of amides is 1. The first-order chi connectivity index (χ1) is 9.99. The summed E-state index contributed by atoms with van der Waals surface area (Å²) in [7, 11) is 0. The lowest BCUT2D eigenvalue weighted by Gasteiger charge is -2.34. The molecule has 112 valence electrons. The molecule has 1 N–H and O–H groups in total. The molecule has 1 aromatic heterocycles. The molecule has 1 aliphatic carbocycles. The number of carbonyl (C=O) groups excluding carboxylic acids is 2. The number of hydrogen-bond donors (Lipinski definition) is 1. The predicted molar refractivity (Wildman–Crippen MR) is 75.6 cm³/mol. The summed E-state index contributed by atoms with van der Waals surface area (Å²) in [4.78, 5) is 27.6. The largest absolute Gasteiger partial charge is 0.550 e. The van der Waals surface area contributed by atoms with E-state index in [4.69, 9.17) is 0 Å². The van der Waals surface area contributed by atoms with Gasteiger partial charge in [0.15, 0.2) is 0 Å². The highest BCUT2D eigenvalue weighted by Gasteiger charge is 2.35. The third-order valence-electron chi connectivity index (χ3n) is 3.89. The second kappa shape index (κ2) is 6.52. The Morgan fingerprint density at radius 2 is 2.24 bits per heavy atom. The Morgan fingerprint density at radius 3 is 2.86 bits per heavy atom. The fraction of sp³-hybridized carbons (Fsp3) is 0.438. The maximum atomic E-state index is 12.3. The third-order valence-corrected chi connectivity index (χ3v) is 3.89. The van der Waals surface area contributed by atoms with Crippen LogP contribution in [0.3, 0.4) is 0 Å². The van der Waals surface area contributed by atoms with E-state index in [1.165, 1.54) is 0 Å². The highest BCUT2D eigenvalue weighted by atomic mass is 16.4. The molecule has 0 saturated carbocycles. The van der Waals surface area contributed by atoms with Gasteiger partial charge in [0.05, 0.1) is 5.92 Å². The van der Waals surface area contributed by atoms with E-state index in [1.54, 1.807) is 18.5 Å². The Labute approximate surface area is 124 Å². The highest BCUT2D eigenvalue weighted by Crippen LogP contribution is 2.33. The van der Waals surface area contributed by atoms with Gasteiger partial charge in [-0.1, -0.05) is 24.6 Å². The monoisotopic (exact) mass is 287 g/mol. The van der Waals surface area contributed by atoms with Crippen molar-refractivity contribution in [3.05, 3.63) is 41.7 Å². The van der Waals surface area contributed by atoms with Crippen molar-refractivity contribution >= 4 is 11.9 Å². The molecule has 1 aromatic rings. The van der Waals surface area contributed by atoms with Gasteiger partial charge in [-0.15, -0.1) is 0 Å². The summed E-state index contributed by atoms with van der Waals surface area (Å²) in [6.07, 6.45) is 5.70. The number of nitrogens with zero attached hydrogens (tertiary/aromatic N) is 1. The molecule has 0 radical (unpaired) electrons. The van der Waals surface area contributed by atoms with Gasteiger partial charge in [0.25, 0.3) is 0 Å². The van der Waals surface area contributed by atoms with Crippen molar-refractivity contribution in [3.63, 3.8) is 0 Å². The van der Waals surface area contributed by atoms with E-state index in [0.717, 1.165) is 11.1 Å². The summed E-state index contributed by atoms with van der Waals surface area (Å²) in [6.45, 7) is 4.08. The number of carboxylic acid groups (broad SMARTS) is 1. The summed E-state index contributed by atoms with van der Waals surface area (Å²) < 4.78 is 0. The van der Waals surface area contributed by atoms with E-state index in [1.807, 2.05) is 26.0 Å². The molecule has 0 unspecified atom stereocenters. The van der Waals surface area contributed by atoms with Crippen LogP contribution in [0.4, 0.5) is 0 Å². The summed E-state index contributed by atoms with van der Waals surface area (Å²) in [5.74, 6) is -2.95. The normalized spacial score (nSPS) is 25.0. The molecule has 5 nitrogen and oxygen atoms in total. The lowest BCUT2D eigenvalue weighted by atomic mass is 9.73. The van der Waals surface area contributed by atoms with Crippen molar-refractivity contribution in [1.82, 2.24) is 10.3 Å². The zero-order valence-electron chi connectivity index (χ0n) is 12.2. The van der Waals surface area contributed by atoms with Gasteiger partial charge < -0.3 is 15.2 Å². The topological polar surface area (TPSA) is 82.1 Å². The van der Waals surface area contributed by atoms with Crippen LogP contribution in [-0.2, 0) is 16.1 Å². The molecule has 1 amide bonds. The van der Waals surface area contributed by atoms with Crippen LogP contribution in [0.1, 0.15) is 25.8 Å². The number of aromatic nitrogens is 1. The Bertz CT molecular complexity index is 554. The maximum absolute atomic E-state index is 12.3. The number of aliphatic carboxylic acids is 1. The molecule has 5 heteroatoms. The van der Waals surface area contributed by atoms with Crippen LogP contribution in [0.2, 0.25) is 0 Å². The standard InChI is InChI=1S/C16H20N2O3/c1-10-6-11(2)14(16(20)21)13(7-10)15(19)18-9-12-4-3-5-17-8-12/h3-6,8,11,13-14H,7,9H2,1-2H3,(H,18,19)(H,20,21)/p-1/t11-,13+,14-/m1/s1. The van der Waals surface area contributed by atoms with Gasteiger partial charge in [-0.25, -0.2) is 0 Å². The third kappa shape index (κ3) is 3.68. The molecule has 21 heavy (non-hydrogen) atoms. The van der Waals surface area contributed by atoms with Crippen LogP contribution in [0.15, 0.2) is 36.2 Å². The maximum Gasteiger partial charge on any atom is 0.224 e. The predicted octanol–water partition coefficient (Wildman–Crippen LogP) is 0.666. The molecule has 3 atom stereocenters. The van der Waals surface area contributed by atoms with E-state index in [0.29, 0.717) is 13.0 Å². The molecular weight excluding hydrogens is 268 g/mol. The van der Waals surface area contributed by atoms with Crippen LogP contribution in [0.5, 0.6) is 0 Å². The first-order valence-electron chi connectivity index (χ1n) is 7.04. The number of carbonyl (C=O) groups is 2. The van der Waals surface area contributed by atoms with Crippen molar-refractivity contribution in [1.29, 1.82) is 0 Å². The van der Waals surface area contributed by atoms with Crippen LogP contribution in [0.25, 0.3) is 0 Å². The highest BCUT2D eigenvalue weighted by molar-refractivity contribution is 5.85. The van der Waals surface area contributed by atoms with Crippen molar-refractivity contribution in [2.24, 2.45) is 17.8 Å². The van der Waals surface area contributed by atoms with Crippen LogP contribution in [-0.4, -0.2) is 16.9 Å². The zero-order chi connectivity index (χ0) is 15.4. The summed E-state index contributed by atoms with van der Waals surface area (Å²) >= 11 is 0. The Kier molecular flexibility index (Phi) is 4.73. The van der Waals surface area contributed by atoms with Crippen molar-refractivity contribution in [2.45, 2.75) is 26.8 Å². The van der Waals surface area contributed by atoms with Gasteiger partial charge in [-0.2, -0.15) is 0 Å². The Balaban J connectivity index is 2.06. The van der Waals surface area contributed by atoms with Gasteiger partial charge in [-0.3, -0.25) is 9.78 Å². The number of allylic oxidation sites excluding steroid dienone is 2. The number of hydrogen-bond acceptors (Lipinski definition) is 4. The van der Waals surface area contributed by atoms with Crippen LogP contribution >= 0.6 is 0 Å². The minimum Gasteiger partial charge on any atom is -0.550 e. The average Bonchev–Trinajstić information content (AvgIpc) is 2.44. The lowest BCUT2D eigenvalue weighted by molar-refractivity contribution is -0.314. The number of pyridine rings is 1. The zero-order valence-corrected chi connectivity index (χ0v) is 12.2. The minimum atomic E-state index is -1.16. The quantitative estimate of drug-likeness (QED) is 0.825. The smallest absolute Gasteiger partial charge is 0.224 e. The Morgan fingerprint density at radius 1 is 1.48 bits per heavy atom. The van der Waals surface area contributed by atoms with Crippen LogP contribution < -0.4 is 10.4 Å². The van der Waals surface area contributed by atoms with Gasteiger partial charge in [0, 0.05) is 30.8 Å². The molecule has 0 saturated heterocycles. The molecule has 0 aliphatic heterocycles. The van der Waals surface area contributed by atoms with E-state index < -0.39 is 17.8 Å². The SMILES string of the molecule is CC1=C[C@@H](C)[C@@H](C(=O)[O-])[C@@H](C(=O)NCc2cccnc2)C1. The first kappa shape index (κ1) is 15.2. The minimum absolute atomic E-state index is 0.196. The second-order valence-corrected chi connectivity index (χ2v) is 5.61. The van der Waals surface area contributed by atoms with Crippen molar-refractivity contribution in [3.8, 4) is 0 Å². The molecule has 0 fully saturated rings. The van der Waals surface area contributed by atoms with Gasteiger partial charge in [-0.05, 0) is 30.9 Å². The average molecular weight is 287 g/mol. The van der Waals surface area contributed by atoms with E-state index in [9.17, 15) is 14.7 Å². The molecule has 1 heterocycles. The van der Waals surface area contributed by atoms with E-state index in [-0.39, 0.29) is 11.8 Å².